The zero-order valence-corrected chi connectivity index (χ0v) is 11.2. The van der Waals surface area contributed by atoms with Gasteiger partial charge >= 0.3 is 5.97 Å². The van der Waals surface area contributed by atoms with E-state index in [2.05, 4.69) is 20.9 Å². The van der Waals surface area contributed by atoms with Gasteiger partial charge < -0.3 is 4.74 Å². The second kappa shape index (κ2) is 4.84. The molecule has 0 spiro atoms. The number of halogens is 1. The maximum atomic E-state index is 11.7. The summed E-state index contributed by atoms with van der Waals surface area (Å²) in [6.45, 7) is 3.97. The van der Waals surface area contributed by atoms with Gasteiger partial charge in [-0.15, -0.1) is 0 Å². The molecular weight excluding hydrogens is 282 g/mol. The molecule has 0 fully saturated rings. The second-order valence-corrected chi connectivity index (χ2v) is 4.51. The summed E-state index contributed by atoms with van der Waals surface area (Å²) in [4.78, 5) is 16.2. The highest BCUT2D eigenvalue weighted by atomic mass is 79.9. The van der Waals surface area contributed by atoms with Crippen LogP contribution in [0.4, 0.5) is 0 Å². The van der Waals surface area contributed by atoms with Crippen molar-refractivity contribution in [3.05, 3.63) is 40.0 Å². The molecule has 0 unspecified atom stereocenters. The lowest BCUT2D eigenvalue weighted by Gasteiger charge is -2.07. The van der Waals surface area contributed by atoms with Crippen LogP contribution in [0, 0.1) is 6.92 Å². The number of ether oxygens (including phenoxy) is 1. The first-order valence-corrected chi connectivity index (χ1v) is 6.15. The number of pyridine rings is 1. The predicted molar refractivity (Wildman–Crippen MR) is 70.1 cm³/mol. The molecule has 0 atom stereocenters. The first kappa shape index (κ1) is 12.0. The fourth-order valence-electron chi connectivity index (χ4n) is 1.67. The summed E-state index contributed by atoms with van der Waals surface area (Å²) in [6, 6.07) is 7.59. The van der Waals surface area contributed by atoms with Gasteiger partial charge in [0.2, 0.25) is 0 Å². The van der Waals surface area contributed by atoms with Crippen molar-refractivity contribution in [1.82, 2.24) is 4.98 Å². The molecule has 0 amide bonds. The molecule has 2 aromatic rings. The Balaban J connectivity index is 2.60. The maximum Gasteiger partial charge on any atom is 0.339 e. The molecule has 17 heavy (non-hydrogen) atoms. The summed E-state index contributed by atoms with van der Waals surface area (Å²) in [5.41, 5.74) is 2.07. The molecule has 4 heteroatoms. The van der Waals surface area contributed by atoms with Crippen molar-refractivity contribution in [2.45, 2.75) is 13.8 Å². The van der Waals surface area contributed by atoms with E-state index in [1.807, 2.05) is 31.2 Å². The number of hydrogen-bond acceptors (Lipinski definition) is 3. The van der Waals surface area contributed by atoms with E-state index in [0.29, 0.717) is 17.9 Å². The van der Waals surface area contributed by atoms with E-state index < -0.39 is 0 Å². The molecule has 0 bridgehead atoms. The van der Waals surface area contributed by atoms with Crippen molar-refractivity contribution in [1.29, 1.82) is 0 Å². The van der Waals surface area contributed by atoms with Crippen LogP contribution in [0.15, 0.2) is 28.7 Å². The summed E-state index contributed by atoms with van der Waals surface area (Å²) in [5, 5.41) is 0.924. The van der Waals surface area contributed by atoms with E-state index in [-0.39, 0.29) is 5.97 Å². The summed E-state index contributed by atoms with van der Waals surface area (Å²) >= 11 is 3.44. The predicted octanol–water partition coefficient (Wildman–Crippen LogP) is 3.48. The van der Waals surface area contributed by atoms with Crippen molar-refractivity contribution in [3.63, 3.8) is 0 Å². The van der Waals surface area contributed by atoms with E-state index in [4.69, 9.17) is 4.74 Å². The number of aromatic nitrogens is 1. The zero-order valence-electron chi connectivity index (χ0n) is 9.66. The average Bonchev–Trinajstić information content (AvgIpc) is 2.30. The van der Waals surface area contributed by atoms with Crippen LogP contribution >= 0.6 is 15.9 Å². The number of rotatable bonds is 2. The molecule has 0 radical (unpaired) electrons. The number of nitrogens with zero attached hydrogens (tertiary/aromatic N) is 1. The Morgan fingerprint density at radius 1 is 1.47 bits per heavy atom. The molecule has 0 saturated heterocycles. The minimum absolute atomic E-state index is 0.320. The highest BCUT2D eigenvalue weighted by Gasteiger charge is 2.13. The number of benzene rings is 1. The van der Waals surface area contributed by atoms with Gasteiger partial charge in [-0.1, -0.05) is 12.1 Å². The largest absolute Gasteiger partial charge is 0.462 e. The van der Waals surface area contributed by atoms with E-state index in [1.165, 1.54) is 0 Å². The molecule has 0 N–H and O–H groups in total. The number of para-hydroxylation sites is 1. The molecule has 3 nitrogen and oxygen atoms in total. The van der Waals surface area contributed by atoms with Crippen LogP contribution in [0.1, 0.15) is 23.0 Å². The van der Waals surface area contributed by atoms with Crippen LogP contribution in [0.5, 0.6) is 0 Å². The van der Waals surface area contributed by atoms with Crippen molar-refractivity contribution in [2.24, 2.45) is 0 Å². The Bertz CT molecular complexity index is 581. The van der Waals surface area contributed by atoms with Crippen LogP contribution in [-0.2, 0) is 4.74 Å². The molecule has 1 aromatic carbocycles. The van der Waals surface area contributed by atoms with Crippen LogP contribution in [-0.4, -0.2) is 17.6 Å². The molecule has 0 aliphatic carbocycles. The topological polar surface area (TPSA) is 39.2 Å². The highest BCUT2D eigenvalue weighted by Crippen LogP contribution is 2.24. The molecule has 1 heterocycles. The summed E-state index contributed by atoms with van der Waals surface area (Å²) in [5.74, 6) is -0.320. The normalized spacial score (nSPS) is 10.5. The fourth-order valence-corrected chi connectivity index (χ4v) is 2.14. The van der Waals surface area contributed by atoms with Gasteiger partial charge in [0.1, 0.15) is 0 Å². The first-order chi connectivity index (χ1) is 8.13. The molecule has 0 aliphatic rings. The summed E-state index contributed by atoms with van der Waals surface area (Å²) in [7, 11) is 0. The van der Waals surface area contributed by atoms with Gasteiger partial charge in [0, 0.05) is 9.86 Å². The molecule has 1 aromatic heterocycles. The number of esters is 1. The Hall–Kier alpha value is -1.42. The second-order valence-electron chi connectivity index (χ2n) is 3.65. The van der Waals surface area contributed by atoms with E-state index in [9.17, 15) is 4.79 Å². The number of carbonyl (C=O) groups is 1. The van der Waals surface area contributed by atoms with Crippen molar-refractivity contribution in [2.75, 3.05) is 6.61 Å². The van der Waals surface area contributed by atoms with Crippen molar-refractivity contribution >= 4 is 32.8 Å². The van der Waals surface area contributed by atoms with Gasteiger partial charge in [0.25, 0.3) is 0 Å². The quantitative estimate of drug-likeness (QED) is 0.796. The lowest BCUT2D eigenvalue weighted by molar-refractivity contribution is 0.0525. The number of aryl methyl sites for hydroxylation is 1. The Morgan fingerprint density at radius 3 is 2.94 bits per heavy atom. The number of fused-ring (bicyclic) bond motifs is 1. The fraction of sp³-hybridized carbons (Fsp3) is 0.231. The van der Waals surface area contributed by atoms with Gasteiger partial charge in [-0.05, 0) is 41.9 Å². The number of hydrogen-bond donors (Lipinski definition) is 0. The Labute approximate surface area is 108 Å². The molecule has 88 valence electrons. The van der Waals surface area contributed by atoms with Crippen molar-refractivity contribution < 1.29 is 9.53 Å². The smallest absolute Gasteiger partial charge is 0.339 e. The number of carbonyl (C=O) groups excluding carboxylic acids is 1. The van der Waals surface area contributed by atoms with Gasteiger partial charge in [0.05, 0.1) is 23.4 Å². The third kappa shape index (κ3) is 2.31. The van der Waals surface area contributed by atoms with Crippen molar-refractivity contribution in [3.8, 4) is 0 Å². The van der Waals surface area contributed by atoms with E-state index in [0.717, 1.165) is 15.4 Å². The third-order valence-electron chi connectivity index (χ3n) is 2.48. The average molecular weight is 294 g/mol. The van der Waals surface area contributed by atoms with E-state index >= 15 is 0 Å². The van der Waals surface area contributed by atoms with Gasteiger partial charge in [0.15, 0.2) is 0 Å². The van der Waals surface area contributed by atoms with E-state index in [1.54, 1.807) is 6.92 Å². The SMILES string of the molecule is CCOC(=O)c1cc2cccc(Br)c2nc1C. The minimum atomic E-state index is -0.320. The van der Waals surface area contributed by atoms with Gasteiger partial charge in [-0.25, -0.2) is 4.79 Å². The molecular formula is C13H12BrNO2. The van der Waals surface area contributed by atoms with Crippen LogP contribution < -0.4 is 0 Å². The minimum Gasteiger partial charge on any atom is -0.462 e. The lowest BCUT2D eigenvalue weighted by atomic mass is 10.1. The Kier molecular flexibility index (Phi) is 3.43. The summed E-state index contributed by atoms with van der Waals surface area (Å²) in [6.07, 6.45) is 0. The monoisotopic (exact) mass is 293 g/mol. The first-order valence-electron chi connectivity index (χ1n) is 5.36. The molecule has 0 aliphatic heterocycles. The molecule has 2 rings (SSSR count). The van der Waals surface area contributed by atoms with Crippen LogP contribution in [0.25, 0.3) is 10.9 Å². The van der Waals surface area contributed by atoms with Gasteiger partial charge in [-0.3, -0.25) is 4.98 Å². The third-order valence-corrected chi connectivity index (χ3v) is 3.12. The highest BCUT2D eigenvalue weighted by molar-refractivity contribution is 9.10. The zero-order chi connectivity index (χ0) is 12.4. The lowest BCUT2D eigenvalue weighted by Crippen LogP contribution is -2.08. The van der Waals surface area contributed by atoms with Crippen LogP contribution in [0.2, 0.25) is 0 Å². The standard InChI is InChI=1S/C13H12BrNO2/c1-3-17-13(16)10-7-9-5-4-6-11(14)12(9)15-8(10)2/h4-7H,3H2,1-2H3. The van der Waals surface area contributed by atoms with Crippen LogP contribution in [0.3, 0.4) is 0 Å². The summed E-state index contributed by atoms with van der Waals surface area (Å²) < 4.78 is 5.92. The molecule has 0 saturated carbocycles. The maximum absolute atomic E-state index is 11.7. The Morgan fingerprint density at radius 2 is 2.24 bits per heavy atom. The van der Waals surface area contributed by atoms with Gasteiger partial charge in [-0.2, -0.15) is 0 Å².